The number of carbonyl (C=O) groups is 2. The molecule has 2 aliphatic heterocycles. The van der Waals surface area contributed by atoms with Crippen molar-refractivity contribution in [2.24, 2.45) is 40.4 Å². The maximum Gasteiger partial charge on any atom is 0.336 e. The Balaban J connectivity index is 1.30. The Labute approximate surface area is 206 Å². The molecule has 192 valence electrons. The number of aliphatic hydroxyl groups excluding tert-OH is 3. The Hall–Kier alpha value is -1.54. The fraction of sp³-hybridized carbons (Fsp3) is 0.786. The summed E-state index contributed by atoms with van der Waals surface area (Å²) in [6.07, 6.45) is 5.14. The Kier molecular flexibility index (Phi) is 5.11. The monoisotopic (exact) mass is 486 g/mol. The van der Waals surface area contributed by atoms with Crippen LogP contribution in [0.5, 0.6) is 0 Å². The highest BCUT2D eigenvalue weighted by molar-refractivity contribution is 5.98. The van der Waals surface area contributed by atoms with Crippen LogP contribution in [0.25, 0.3) is 0 Å². The van der Waals surface area contributed by atoms with E-state index in [4.69, 9.17) is 9.47 Å². The van der Waals surface area contributed by atoms with Crippen LogP contribution in [0.4, 0.5) is 0 Å². The van der Waals surface area contributed by atoms with Gasteiger partial charge in [-0.15, -0.1) is 0 Å². The minimum absolute atomic E-state index is 0.0402. The standard InChI is InChI=1S/C28H38O7/c1-13-9-20(34-25(33)16(13)12-29)14(2)17-5-6-18-15-10-23-28(35-23)22(32)8-7-21(31)27(28,4)24(15)19(30)11-26(17,18)3/h7-8,14-15,17-20,22-24,29-30,32H,5-6,9-12H2,1-4H3. The van der Waals surface area contributed by atoms with E-state index in [9.17, 15) is 24.9 Å². The molecule has 0 aromatic rings. The van der Waals surface area contributed by atoms with Gasteiger partial charge in [-0.1, -0.05) is 19.4 Å². The van der Waals surface area contributed by atoms with E-state index in [1.54, 1.807) is 6.08 Å². The lowest BCUT2D eigenvalue weighted by Crippen LogP contribution is -2.67. The van der Waals surface area contributed by atoms with Crippen LogP contribution in [-0.4, -0.2) is 63.7 Å². The summed E-state index contributed by atoms with van der Waals surface area (Å²) in [7, 11) is 0. The van der Waals surface area contributed by atoms with E-state index in [2.05, 4.69) is 13.8 Å². The number of esters is 1. The number of aliphatic hydroxyl groups is 3. The van der Waals surface area contributed by atoms with Gasteiger partial charge in [0.1, 0.15) is 17.8 Å². The number of ketones is 1. The van der Waals surface area contributed by atoms with Crippen molar-refractivity contribution in [3.8, 4) is 0 Å². The molecule has 2 heterocycles. The Morgan fingerprint density at radius 2 is 1.94 bits per heavy atom. The smallest absolute Gasteiger partial charge is 0.336 e. The molecule has 0 bridgehead atoms. The molecule has 6 aliphatic rings. The van der Waals surface area contributed by atoms with Gasteiger partial charge in [0.05, 0.1) is 29.8 Å². The Morgan fingerprint density at radius 1 is 1.20 bits per heavy atom. The van der Waals surface area contributed by atoms with Gasteiger partial charge in [-0.2, -0.15) is 0 Å². The summed E-state index contributed by atoms with van der Waals surface area (Å²) in [5.41, 5.74) is -0.699. The summed E-state index contributed by atoms with van der Waals surface area (Å²) in [6, 6.07) is 0. The second-order valence-electron chi connectivity index (χ2n) is 12.7. The summed E-state index contributed by atoms with van der Waals surface area (Å²) in [6.45, 7) is 7.96. The summed E-state index contributed by atoms with van der Waals surface area (Å²) in [5.74, 6) is 0.169. The van der Waals surface area contributed by atoms with Crippen LogP contribution in [0.1, 0.15) is 59.8 Å². The molecule has 12 atom stereocenters. The first-order valence-electron chi connectivity index (χ1n) is 13.3. The summed E-state index contributed by atoms with van der Waals surface area (Å²) < 4.78 is 12.0. The summed E-state index contributed by atoms with van der Waals surface area (Å²) >= 11 is 0. The van der Waals surface area contributed by atoms with E-state index in [1.165, 1.54) is 6.08 Å². The molecule has 12 unspecified atom stereocenters. The van der Waals surface area contributed by atoms with Gasteiger partial charge >= 0.3 is 5.97 Å². The van der Waals surface area contributed by atoms with E-state index >= 15 is 0 Å². The van der Waals surface area contributed by atoms with Gasteiger partial charge in [0.25, 0.3) is 0 Å². The molecule has 6 rings (SSSR count). The second kappa shape index (κ2) is 7.50. The van der Waals surface area contributed by atoms with E-state index < -0.39 is 29.2 Å². The molecule has 0 aromatic carbocycles. The minimum Gasteiger partial charge on any atom is -0.458 e. The first kappa shape index (κ1) is 23.8. The molecule has 3 N–H and O–H groups in total. The van der Waals surface area contributed by atoms with Crippen molar-refractivity contribution in [3.63, 3.8) is 0 Å². The molecule has 1 spiro atoms. The van der Waals surface area contributed by atoms with Crippen molar-refractivity contribution in [1.29, 1.82) is 0 Å². The third kappa shape index (κ3) is 2.81. The molecular formula is C28H38O7. The zero-order chi connectivity index (χ0) is 25.1. The Bertz CT molecular complexity index is 1030. The average molecular weight is 487 g/mol. The highest BCUT2D eigenvalue weighted by Crippen LogP contribution is 2.73. The molecule has 4 aliphatic carbocycles. The number of rotatable bonds is 3. The zero-order valence-electron chi connectivity index (χ0n) is 21.1. The molecule has 35 heavy (non-hydrogen) atoms. The quantitative estimate of drug-likeness (QED) is 0.414. The normalized spacial score (nSPS) is 53.3. The number of cyclic esters (lactones) is 1. The lowest BCUT2D eigenvalue weighted by Gasteiger charge is -2.59. The van der Waals surface area contributed by atoms with Crippen molar-refractivity contribution in [2.45, 2.75) is 89.8 Å². The topological polar surface area (TPSA) is 117 Å². The van der Waals surface area contributed by atoms with Gasteiger partial charge in [0.2, 0.25) is 0 Å². The molecule has 0 radical (unpaired) electrons. The van der Waals surface area contributed by atoms with Gasteiger partial charge < -0.3 is 24.8 Å². The third-order valence-corrected chi connectivity index (χ3v) is 11.5. The maximum absolute atomic E-state index is 13.3. The maximum atomic E-state index is 13.3. The van der Waals surface area contributed by atoms with E-state index in [0.717, 1.165) is 24.8 Å². The number of epoxide rings is 1. The fourth-order valence-corrected chi connectivity index (χ4v) is 9.81. The number of hydrogen-bond acceptors (Lipinski definition) is 7. The minimum atomic E-state index is -0.930. The van der Waals surface area contributed by atoms with Crippen molar-refractivity contribution in [3.05, 3.63) is 23.3 Å². The van der Waals surface area contributed by atoms with Gasteiger partial charge in [0.15, 0.2) is 5.78 Å². The lowest BCUT2D eigenvalue weighted by atomic mass is 9.43. The van der Waals surface area contributed by atoms with Crippen LogP contribution >= 0.6 is 0 Å². The van der Waals surface area contributed by atoms with Crippen molar-refractivity contribution >= 4 is 11.8 Å². The van der Waals surface area contributed by atoms with Crippen molar-refractivity contribution < 1.29 is 34.4 Å². The summed E-state index contributed by atoms with van der Waals surface area (Å²) in [4.78, 5) is 25.8. The fourth-order valence-electron chi connectivity index (χ4n) is 9.81. The highest BCUT2D eigenvalue weighted by atomic mass is 16.6. The summed E-state index contributed by atoms with van der Waals surface area (Å²) in [5, 5.41) is 32.0. The van der Waals surface area contributed by atoms with Crippen molar-refractivity contribution in [1.82, 2.24) is 0 Å². The number of carbonyl (C=O) groups excluding carboxylic acids is 2. The first-order chi connectivity index (χ1) is 16.5. The van der Waals surface area contributed by atoms with Crippen LogP contribution in [0, 0.1) is 40.4 Å². The molecular weight excluding hydrogens is 448 g/mol. The number of hydrogen-bond donors (Lipinski definition) is 3. The van der Waals surface area contributed by atoms with Crippen LogP contribution < -0.4 is 0 Å². The van der Waals surface area contributed by atoms with Crippen LogP contribution in [0.2, 0.25) is 0 Å². The second-order valence-corrected chi connectivity index (χ2v) is 12.7. The average Bonchev–Trinajstić information content (AvgIpc) is 3.44. The van der Waals surface area contributed by atoms with Crippen molar-refractivity contribution in [2.75, 3.05) is 6.61 Å². The number of fused-ring (bicyclic) bond motifs is 4. The van der Waals surface area contributed by atoms with Gasteiger partial charge in [-0.05, 0) is 80.8 Å². The lowest BCUT2D eigenvalue weighted by molar-refractivity contribution is -0.177. The van der Waals surface area contributed by atoms with Crippen LogP contribution in [-0.2, 0) is 19.1 Å². The predicted octanol–water partition coefficient (Wildman–Crippen LogP) is 2.32. The van der Waals surface area contributed by atoms with Gasteiger partial charge in [-0.25, -0.2) is 4.79 Å². The van der Waals surface area contributed by atoms with Crippen LogP contribution in [0.15, 0.2) is 23.3 Å². The van der Waals surface area contributed by atoms with Crippen LogP contribution in [0.3, 0.4) is 0 Å². The highest BCUT2D eigenvalue weighted by Gasteiger charge is 2.81. The molecule has 7 nitrogen and oxygen atoms in total. The largest absolute Gasteiger partial charge is 0.458 e. The molecule has 3 saturated carbocycles. The molecule has 1 saturated heterocycles. The van der Waals surface area contributed by atoms with E-state index in [-0.39, 0.29) is 53.7 Å². The first-order valence-corrected chi connectivity index (χ1v) is 13.3. The Morgan fingerprint density at radius 3 is 2.63 bits per heavy atom. The zero-order valence-corrected chi connectivity index (χ0v) is 21.1. The molecule has 0 aromatic heterocycles. The molecule has 0 amide bonds. The molecule has 7 heteroatoms. The third-order valence-electron chi connectivity index (χ3n) is 11.5. The number of allylic oxidation sites excluding steroid dienone is 1. The van der Waals surface area contributed by atoms with Gasteiger partial charge in [-0.3, -0.25) is 4.79 Å². The van der Waals surface area contributed by atoms with E-state index in [0.29, 0.717) is 24.3 Å². The molecule has 4 fully saturated rings. The number of ether oxygens (including phenoxy) is 2. The SMILES string of the molecule is CC1=C(CO)C(=O)OC(C(C)C2CCC3C4CC5OC56C(O)C=CC(=O)C6(C)C4C(O)CC23C)C1. The predicted molar refractivity (Wildman–Crippen MR) is 126 cm³/mol. The van der Waals surface area contributed by atoms with Gasteiger partial charge in [0, 0.05) is 12.3 Å². The van der Waals surface area contributed by atoms with E-state index in [1.807, 2.05) is 13.8 Å².